The summed E-state index contributed by atoms with van der Waals surface area (Å²) in [7, 11) is 1.75. The highest BCUT2D eigenvalue weighted by Gasteiger charge is 2.25. The molecule has 2 aromatic rings. The Morgan fingerprint density at radius 3 is 2.71 bits per heavy atom. The van der Waals surface area contributed by atoms with Gasteiger partial charge in [-0.15, -0.1) is 11.3 Å². The van der Waals surface area contributed by atoms with Crippen LogP contribution in [0.5, 0.6) is 0 Å². The molecular weight excluding hydrogens is 286 g/mol. The maximum Gasteiger partial charge on any atom is 0.274 e. The summed E-state index contributed by atoms with van der Waals surface area (Å²) in [6.45, 7) is 4.21. The highest BCUT2D eigenvalue weighted by Crippen LogP contribution is 2.16. The Hall–Kier alpha value is -1.86. The molecule has 3 heterocycles. The minimum absolute atomic E-state index is 0.0247. The number of carbonyl (C=O) groups is 1. The molecule has 0 bridgehead atoms. The van der Waals surface area contributed by atoms with Crippen LogP contribution < -0.4 is 5.73 Å². The number of amides is 1. The molecule has 1 saturated heterocycles. The molecule has 3 rings (SSSR count). The lowest BCUT2D eigenvalue weighted by atomic mass is 10.2. The van der Waals surface area contributed by atoms with Crippen molar-refractivity contribution in [3.63, 3.8) is 0 Å². The lowest BCUT2D eigenvalue weighted by Crippen LogP contribution is -2.48. The Labute approximate surface area is 127 Å². The summed E-state index contributed by atoms with van der Waals surface area (Å²) in [6.07, 6.45) is 1.53. The van der Waals surface area contributed by atoms with Gasteiger partial charge in [0.1, 0.15) is 5.69 Å². The van der Waals surface area contributed by atoms with Crippen LogP contribution in [0.25, 0.3) is 0 Å². The first-order valence-electron chi connectivity index (χ1n) is 6.96. The van der Waals surface area contributed by atoms with E-state index in [0.717, 1.165) is 32.7 Å². The van der Waals surface area contributed by atoms with Crippen molar-refractivity contribution < 1.29 is 4.79 Å². The topological polar surface area (TPSA) is 67.4 Å². The summed E-state index contributed by atoms with van der Waals surface area (Å²) in [6, 6.07) is 4.23. The van der Waals surface area contributed by atoms with E-state index in [-0.39, 0.29) is 5.91 Å². The van der Waals surface area contributed by atoms with Gasteiger partial charge in [0.25, 0.3) is 5.91 Å². The summed E-state index contributed by atoms with van der Waals surface area (Å²) in [4.78, 5) is 18.1. The fraction of sp³-hybridized carbons (Fsp3) is 0.429. The average molecular weight is 305 g/mol. The SMILES string of the molecule is Cn1ncc(N)c1C(=O)N1CCN(Cc2cccs2)CC1. The summed E-state index contributed by atoms with van der Waals surface area (Å²) in [5.41, 5.74) is 6.76. The Bertz CT molecular complexity index is 594. The number of hydrogen-bond donors (Lipinski definition) is 1. The van der Waals surface area contributed by atoms with E-state index in [9.17, 15) is 4.79 Å². The van der Waals surface area contributed by atoms with E-state index in [4.69, 9.17) is 5.73 Å². The third kappa shape index (κ3) is 2.93. The number of rotatable bonds is 3. The van der Waals surface area contributed by atoms with Gasteiger partial charge in [0.2, 0.25) is 0 Å². The van der Waals surface area contributed by atoms with Crippen molar-refractivity contribution in [1.29, 1.82) is 0 Å². The van der Waals surface area contributed by atoms with Crippen molar-refractivity contribution in [1.82, 2.24) is 19.6 Å². The molecule has 21 heavy (non-hydrogen) atoms. The van der Waals surface area contributed by atoms with Crippen molar-refractivity contribution in [2.45, 2.75) is 6.54 Å². The van der Waals surface area contributed by atoms with Gasteiger partial charge < -0.3 is 10.6 Å². The Morgan fingerprint density at radius 1 is 1.38 bits per heavy atom. The summed E-state index contributed by atoms with van der Waals surface area (Å²) >= 11 is 1.78. The molecule has 0 saturated carbocycles. The summed E-state index contributed by atoms with van der Waals surface area (Å²) < 4.78 is 1.55. The quantitative estimate of drug-likeness (QED) is 0.919. The van der Waals surface area contributed by atoms with Gasteiger partial charge in [0.05, 0.1) is 11.9 Å². The Kier molecular flexibility index (Phi) is 3.94. The lowest BCUT2D eigenvalue weighted by Gasteiger charge is -2.34. The number of piperazine rings is 1. The first-order chi connectivity index (χ1) is 10.1. The van der Waals surface area contributed by atoms with Gasteiger partial charge in [-0.1, -0.05) is 6.07 Å². The molecule has 0 unspecified atom stereocenters. The average Bonchev–Trinajstić information content (AvgIpc) is 3.09. The zero-order valence-electron chi connectivity index (χ0n) is 12.0. The van der Waals surface area contributed by atoms with Crippen LogP contribution in [0.4, 0.5) is 5.69 Å². The second kappa shape index (κ2) is 5.87. The summed E-state index contributed by atoms with van der Waals surface area (Å²) in [5.74, 6) is -0.0247. The van der Waals surface area contributed by atoms with Crippen molar-refractivity contribution in [2.75, 3.05) is 31.9 Å². The molecule has 2 aromatic heterocycles. The van der Waals surface area contributed by atoms with E-state index in [1.54, 1.807) is 23.1 Å². The monoisotopic (exact) mass is 305 g/mol. The minimum Gasteiger partial charge on any atom is -0.396 e. The van der Waals surface area contributed by atoms with Crippen LogP contribution in [0.3, 0.4) is 0 Å². The van der Waals surface area contributed by atoms with Crippen LogP contribution in [-0.2, 0) is 13.6 Å². The number of nitrogen functional groups attached to an aromatic ring is 1. The van der Waals surface area contributed by atoms with Crippen molar-refractivity contribution in [2.24, 2.45) is 7.05 Å². The predicted octanol–water partition coefficient (Wildman–Crippen LogP) is 1.02. The van der Waals surface area contributed by atoms with Crippen LogP contribution in [0.1, 0.15) is 15.4 Å². The first kappa shape index (κ1) is 14.1. The largest absolute Gasteiger partial charge is 0.396 e. The molecule has 1 amide bonds. The number of aryl methyl sites for hydroxylation is 1. The molecule has 1 aliphatic heterocycles. The Balaban J connectivity index is 1.59. The number of anilines is 1. The fourth-order valence-electron chi connectivity index (χ4n) is 2.60. The number of carbonyl (C=O) groups excluding carboxylic acids is 1. The predicted molar refractivity (Wildman–Crippen MR) is 83.1 cm³/mol. The zero-order chi connectivity index (χ0) is 14.8. The molecule has 0 aromatic carbocycles. The Morgan fingerprint density at radius 2 is 2.14 bits per heavy atom. The third-order valence-corrected chi connectivity index (χ3v) is 4.65. The van der Waals surface area contributed by atoms with Crippen LogP contribution >= 0.6 is 11.3 Å². The van der Waals surface area contributed by atoms with E-state index >= 15 is 0 Å². The van der Waals surface area contributed by atoms with Crippen molar-refractivity contribution in [3.8, 4) is 0 Å². The van der Waals surface area contributed by atoms with E-state index < -0.39 is 0 Å². The maximum absolute atomic E-state index is 12.5. The van der Waals surface area contributed by atoms with Gasteiger partial charge in [0, 0.05) is 44.6 Å². The number of thiophene rings is 1. The van der Waals surface area contributed by atoms with Gasteiger partial charge in [-0.3, -0.25) is 14.4 Å². The normalized spacial score (nSPS) is 16.3. The standard InChI is InChI=1S/C14H19N5OS/c1-17-13(12(15)9-16-17)14(20)19-6-4-18(5-7-19)10-11-3-2-8-21-11/h2-3,8-9H,4-7,10,15H2,1H3. The molecule has 7 heteroatoms. The molecule has 0 aliphatic carbocycles. The van der Waals surface area contributed by atoms with E-state index in [1.807, 2.05) is 4.90 Å². The molecule has 1 fully saturated rings. The van der Waals surface area contributed by atoms with Gasteiger partial charge in [-0.25, -0.2) is 0 Å². The van der Waals surface area contributed by atoms with Gasteiger partial charge >= 0.3 is 0 Å². The van der Waals surface area contributed by atoms with Crippen LogP contribution in [0.2, 0.25) is 0 Å². The maximum atomic E-state index is 12.5. The molecular formula is C14H19N5OS. The first-order valence-corrected chi connectivity index (χ1v) is 7.84. The molecule has 0 spiro atoms. The molecule has 112 valence electrons. The van der Waals surface area contributed by atoms with Crippen LogP contribution in [-0.4, -0.2) is 51.7 Å². The lowest BCUT2D eigenvalue weighted by molar-refractivity contribution is 0.0620. The second-order valence-electron chi connectivity index (χ2n) is 5.22. The zero-order valence-corrected chi connectivity index (χ0v) is 12.8. The summed E-state index contributed by atoms with van der Waals surface area (Å²) in [5, 5.41) is 6.13. The smallest absolute Gasteiger partial charge is 0.274 e. The molecule has 0 radical (unpaired) electrons. The highest BCUT2D eigenvalue weighted by atomic mass is 32.1. The van der Waals surface area contributed by atoms with Crippen molar-refractivity contribution >= 4 is 22.9 Å². The van der Waals surface area contributed by atoms with E-state index in [1.165, 1.54) is 11.1 Å². The molecule has 6 nitrogen and oxygen atoms in total. The molecule has 0 atom stereocenters. The van der Waals surface area contributed by atoms with Crippen LogP contribution in [0.15, 0.2) is 23.7 Å². The number of hydrogen-bond acceptors (Lipinski definition) is 5. The van der Waals surface area contributed by atoms with Gasteiger partial charge in [-0.05, 0) is 11.4 Å². The van der Waals surface area contributed by atoms with Crippen molar-refractivity contribution in [3.05, 3.63) is 34.3 Å². The second-order valence-corrected chi connectivity index (χ2v) is 6.25. The van der Waals surface area contributed by atoms with E-state index in [0.29, 0.717) is 11.4 Å². The third-order valence-electron chi connectivity index (χ3n) is 3.79. The molecule has 2 N–H and O–H groups in total. The van der Waals surface area contributed by atoms with Crippen LogP contribution in [0, 0.1) is 0 Å². The highest BCUT2D eigenvalue weighted by molar-refractivity contribution is 7.09. The number of aromatic nitrogens is 2. The number of nitrogens with two attached hydrogens (primary N) is 1. The molecule has 1 aliphatic rings. The number of nitrogens with zero attached hydrogens (tertiary/aromatic N) is 4. The van der Waals surface area contributed by atoms with Gasteiger partial charge in [-0.2, -0.15) is 5.10 Å². The van der Waals surface area contributed by atoms with Gasteiger partial charge in [0.15, 0.2) is 0 Å². The van der Waals surface area contributed by atoms with E-state index in [2.05, 4.69) is 27.5 Å². The minimum atomic E-state index is -0.0247. The fourth-order valence-corrected chi connectivity index (χ4v) is 3.34.